The smallest absolute Gasteiger partial charge is 0.387 e. The van der Waals surface area contributed by atoms with Gasteiger partial charge in [-0.15, -0.1) is 0 Å². The highest BCUT2D eigenvalue weighted by Crippen LogP contribution is 2.38. The maximum atomic E-state index is 13.0. The monoisotopic (exact) mass is 443 g/mol. The van der Waals surface area contributed by atoms with Crippen molar-refractivity contribution in [3.63, 3.8) is 0 Å². The summed E-state index contributed by atoms with van der Waals surface area (Å²) in [7, 11) is 0. The fourth-order valence-electron chi connectivity index (χ4n) is 4.05. The number of anilines is 2. The van der Waals surface area contributed by atoms with Crippen LogP contribution in [0.1, 0.15) is 37.8 Å². The van der Waals surface area contributed by atoms with E-state index >= 15 is 0 Å². The third kappa shape index (κ3) is 4.15. The molecule has 0 spiro atoms. The van der Waals surface area contributed by atoms with Crippen molar-refractivity contribution < 1.29 is 27.9 Å². The molecule has 2 aromatic carbocycles. The maximum absolute atomic E-state index is 13.0. The van der Waals surface area contributed by atoms with Crippen LogP contribution in [-0.4, -0.2) is 35.3 Å². The molecule has 0 radical (unpaired) electrons. The third-order valence-corrected chi connectivity index (χ3v) is 5.91. The van der Waals surface area contributed by atoms with Gasteiger partial charge in [-0.05, 0) is 61.7 Å². The summed E-state index contributed by atoms with van der Waals surface area (Å²) in [6.07, 6.45) is 0.633. The molecular weight excluding hydrogens is 420 g/mol. The Labute approximate surface area is 183 Å². The highest BCUT2D eigenvalue weighted by Gasteiger charge is 2.39. The lowest BCUT2D eigenvalue weighted by Crippen LogP contribution is -2.41. The summed E-state index contributed by atoms with van der Waals surface area (Å²) < 4.78 is 29.0. The summed E-state index contributed by atoms with van der Waals surface area (Å²) in [5, 5.41) is 5.68. The molecule has 7 nitrogen and oxygen atoms in total. The number of nitrogens with one attached hydrogen (secondary N) is 2. The van der Waals surface area contributed by atoms with Gasteiger partial charge in [-0.1, -0.05) is 12.1 Å². The van der Waals surface area contributed by atoms with E-state index in [0.717, 1.165) is 11.3 Å². The molecule has 2 N–H and O–H groups in total. The Kier molecular flexibility index (Phi) is 5.58. The van der Waals surface area contributed by atoms with E-state index < -0.39 is 18.1 Å². The summed E-state index contributed by atoms with van der Waals surface area (Å²) in [4.78, 5) is 39.0. The van der Waals surface area contributed by atoms with Crippen molar-refractivity contribution in [2.45, 2.75) is 51.3 Å². The summed E-state index contributed by atoms with van der Waals surface area (Å²) in [5.74, 6) is -0.543. The van der Waals surface area contributed by atoms with Crippen molar-refractivity contribution in [2.24, 2.45) is 0 Å². The fraction of sp³-hybridized carbons (Fsp3) is 0.348. The first-order valence-electron chi connectivity index (χ1n) is 10.3. The quantitative estimate of drug-likeness (QED) is 0.714. The molecule has 0 aromatic heterocycles. The van der Waals surface area contributed by atoms with Crippen molar-refractivity contribution in [1.29, 1.82) is 0 Å². The molecule has 0 saturated carbocycles. The van der Waals surface area contributed by atoms with Gasteiger partial charge in [0.25, 0.3) is 0 Å². The van der Waals surface area contributed by atoms with Gasteiger partial charge in [0.05, 0.1) is 5.41 Å². The fourth-order valence-corrected chi connectivity index (χ4v) is 4.05. The highest BCUT2D eigenvalue weighted by atomic mass is 19.3. The van der Waals surface area contributed by atoms with E-state index in [1.807, 2.05) is 13.8 Å². The number of amides is 3. The minimum atomic E-state index is -2.91. The number of hydrogen-bond donors (Lipinski definition) is 2. The van der Waals surface area contributed by atoms with Crippen LogP contribution >= 0.6 is 0 Å². The predicted octanol–water partition coefficient (Wildman–Crippen LogP) is 3.65. The number of nitrogens with zero attached hydrogens (tertiary/aromatic N) is 1. The van der Waals surface area contributed by atoms with Crippen molar-refractivity contribution in [3.05, 3.63) is 53.6 Å². The number of benzene rings is 2. The maximum Gasteiger partial charge on any atom is 0.387 e. The zero-order valence-corrected chi connectivity index (χ0v) is 17.7. The second-order valence-corrected chi connectivity index (χ2v) is 8.43. The lowest BCUT2D eigenvalue weighted by Gasteiger charge is -2.24. The minimum absolute atomic E-state index is 0.0262. The van der Waals surface area contributed by atoms with Gasteiger partial charge in [0.1, 0.15) is 11.8 Å². The summed E-state index contributed by atoms with van der Waals surface area (Å²) in [6, 6.07) is 10.6. The van der Waals surface area contributed by atoms with Gasteiger partial charge in [-0.25, -0.2) is 0 Å². The van der Waals surface area contributed by atoms with Crippen molar-refractivity contribution >= 4 is 29.1 Å². The normalized spacial score (nSPS) is 19.2. The molecule has 0 aliphatic carbocycles. The number of hydrogen-bond acceptors (Lipinski definition) is 4. The van der Waals surface area contributed by atoms with Gasteiger partial charge >= 0.3 is 6.61 Å². The van der Waals surface area contributed by atoms with Crippen LogP contribution in [0.3, 0.4) is 0 Å². The first-order valence-corrected chi connectivity index (χ1v) is 10.3. The second-order valence-electron chi connectivity index (χ2n) is 8.43. The first kappa shape index (κ1) is 21.7. The molecule has 3 amide bonds. The van der Waals surface area contributed by atoms with Crippen LogP contribution in [0.25, 0.3) is 0 Å². The molecule has 0 bridgehead atoms. The Morgan fingerprint density at radius 3 is 2.62 bits per heavy atom. The Hall–Kier alpha value is -3.49. The van der Waals surface area contributed by atoms with Gasteiger partial charge in [-0.2, -0.15) is 8.78 Å². The van der Waals surface area contributed by atoms with Crippen molar-refractivity contribution in [2.75, 3.05) is 10.6 Å². The molecular formula is C23H23F2N3O4. The second kappa shape index (κ2) is 8.22. The number of fused-ring (bicyclic) bond motifs is 1. The lowest BCUT2D eigenvalue weighted by molar-refractivity contribution is -0.133. The molecule has 4 rings (SSSR count). The molecule has 1 saturated heterocycles. The first-order chi connectivity index (χ1) is 15.1. The van der Waals surface area contributed by atoms with Crippen molar-refractivity contribution in [3.8, 4) is 5.75 Å². The van der Waals surface area contributed by atoms with Gasteiger partial charge in [-0.3, -0.25) is 14.4 Å². The lowest BCUT2D eigenvalue weighted by atomic mass is 9.86. The van der Waals surface area contributed by atoms with Crippen LogP contribution in [0.5, 0.6) is 5.75 Å². The third-order valence-electron chi connectivity index (χ3n) is 5.91. The van der Waals surface area contributed by atoms with Gasteiger partial charge in [0.2, 0.25) is 17.7 Å². The molecule has 9 heteroatoms. The Morgan fingerprint density at radius 2 is 1.94 bits per heavy atom. The average molecular weight is 443 g/mol. The van der Waals surface area contributed by atoms with Gasteiger partial charge in [0.15, 0.2) is 0 Å². The SMILES string of the molecule is CC1(C)C(=O)Nc2ccc(NC(=O)C3CCC(=O)N3Cc3ccc(OC(F)F)cc3)cc21. The number of carbonyl (C=O) groups excluding carboxylic acids is 3. The number of carbonyl (C=O) groups is 3. The zero-order valence-electron chi connectivity index (χ0n) is 17.7. The van der Waals surface area contributed by atoms with Crippen LogP contribution < -0.4 is 15.4 Å². The van der Waals surface area contributed by atoms with E-state index in [0.29, 0.717) is 17.7 Å². The average Bonchev–Trinajstić information content (AvgIpc) is 3.20. The van der Waals surface area contributed by atoms with Gasteiger partial charge < -0.3 is 20.3 Å². The predicted molar refractivity (Wildman–Crippen MR) is 113 cm³/mol. The van der Waals surface area contributed by atoms with Gasteiger partial charge in [0, 0.05) is 24.3 Å². The molecule has 1 atom stereocenters. The highest BCUT2D eigenvalue weighted by molar-refractivity contribution is 6.06. The molecule has 2 aliphatic rings. The molecule has 2 heterocycles. The molecule has 1 unspecified atom stereocenters. The Bertz CT molecular complexity index is 1070. The number of likely N-dealkylation sites (tertiary alicyclic amines) is 1. The van der Waals surface area contributed by atoms with E-state index in [-0.39, 0.29) is 36.4 Å². The van der Waals surface area contributed by atoms with Crippen LogP contribution in [0.15, 0.2) is 42.5 Å². The molecule has 1 fully saturated rings. The van der Waals surface area contributed by atoms with E-state index in [4.69, 9.17) is 0 Å². The van der Waals surface area contributed by atoms with E-state index in [1.54, 1.807) is 30.3 Å². The Balaban J connectivity index is 1.46. The number of halogens is 2. The number of alkyl halides is 2. The largest absolute Gasteiger partial charge is 0.435 e. The van der Waals surface area contributed by atoms with Crippen LogP contribution in [0.4, 0.5) is 20.2 Å². The van der Waals surface area contributed by atoms with E-state index in [2.05, 4.69) is 15.4 Å². The van der Waals surface area contributed by atoms with Crippen LogP contribution in [0.2, 0.25) is 0 Å². The van der Waals surface area contributed by atoms with Crippen LogP contribution in [-0.2, 0) is 26.3 Å². The topological polar surface area (TPSA) is 87.7 Å². The summed E-state index contributed by atoms with van der Waals surface area (Å²) in [6.45, 7) is 0.901. The zero-order chi connectivity index (χ0) is 23.0. The summed E-state index contributed by atoms with van der Waals surface area (Å²) >= 11 is 0. The molecule has 32 heavy (non-hydrogen) atoms. The molecule has 168 valence electrons. The van der Waals surface area contributed by atoms with E-state index in [1.165, 1.54) is 17.0 Å². The van der Waals surface area contributed by atoms with E-state index in [9.17, 15) is 23.2 Å². The summed E-state index contributed by atoms with van der Waals surface area (Å²) in [5.41, 5.74) is 2.06. The standard InChI is InChI=1S/C23H23F2N3O4/c1-23(2)16-11-14(5-8-17(16)27-21(23)31)26-20(30)18-9-10-19(29)28(18)12-13-3-6-15(7-4-13)32-22(24)25/h3-8,11,18,22H,9-10,12H2,1-2H3,(H,26,30)(H,27,31). The number of rotatable bonds is 6. The van der Waals surface area contributed by atoms with Crippen molar-refractivity contribution in [1.82, 2.24) is 4.90 Å². The number of ether oxygens (including phenoxy) is 1. The molecule has 2 aromatic rings. The van der Waals surface area contributed by atoms with Crippen LogP contribution in [0, 0.1) is 0 Å². The molecule has 2 aliphatic heterocycles. The Morgan fingerprint density at radius 1 is 1.22 bits per heavy atom. The minimum Gasteiger partial charge on any atom is -0.435 e.